The quantitative estimate of drug-likeness (QED) is 0.696. The second-order valence-corrected chi connectivity index (χ2v) is 3.16. The van der Waals surface area contributed by atoms with Gasteiger partial charge in [0.2, 0.25) is 5.95 Å². The third-order valence-electron chi connectivity index (χ3n) is 1.97. The molecule has 16 heavy (non-hydrogen) atoms. The topological polar surface area (TPSA) is 69.9 Å². The van der Waals surface area contributed by atoms with E-state index >= 15 is 0 Å². The number of ether oxygens (including phenoxy) is 1. The predicted molar refractivity (Wildman–Crippen MR) is 55.2 cm³/mol. The van der Waals surface area contributed by atoms with Gasteiger partial charge in [-0.15, -0.1) is 0 Å². The molecule has 2 aromatic rings. The Kier molecular flexibility index (Phi) is 2.63. The van der Waals surface area contributed by atoms with Gasteiger partial charge < -0.3 is 4.74 Å². The minimum atomic E-state index is -0.480. The molecule has 0 saturated carbocycles. The molecule has 6 nitrogen and oxygen atoms in total. The van der Waals surface area contributed by atoms with Crippen molar-refractivity contribution in [3.05, 3.63) is 36.2 Å². The lowest BCUT2D eigenvalue weighted by molar-refractivity contribution is 0.0593. The van der Waals surface area contributed by atoms with E-state index in [0.717, 1.165) is 0 Å². The number of aromatic nitrogens is 4. The molecular formula is C10H10N4O2. The number of esters is 1. The van der Waals surface area contributed by atoms with Gasteiger partial charge in [0.25, 0.3) is 0 Å². The third kappa shape index (κ3) is 1.90. The van der Waals surface area contributed by atoms with Crippen LogP contribution in [0.25, 0.3) is 5.95 Å². The van der Waals surface area contributed by atoms with E-state index in [9.17, 15) is 4.79 Å². The van der Waals surface area contributed by atoms with Crippen molar-refractivity contribution in [3.63, 3.8) is 0 Å². The van der Waals surface area contributed by atoms with Gasteiger partial charge in [-0.05, 0) is 13.0 Å². The highest BCUT2D eigenvalue weighted by atomic mass is 16.5. The fourth-order valence-corrected chi connectivity index (χ4v) is 1.25. The average molecular weight is 218 g/mol. The molecule has 0 fully saturated rings. The first kappa shape index (κ1) is 10.3. The summed E-state index contributed by atoms with van der Waals surface area (Å²) in [6.45, 7) is 1.79. The first-order valence-corrected chi connectivity index (χ1v) is 4.63. The molecule has 0 N–H and O–H groups in total. The van der Waals surface area contributed by atoms with Gasteiger partial charge in [0.15, 0.2) is 5.69 Å². The Morgan fingerprint density at radius 2 is 2.25 bits per heavy atom. The summed E-state index contributed by atoms with van der Waals surface area (Å²) in [4.78, 5) is 23.5. The van der Waals surface area contributed by atoms with E-state index in [1.165, 1.54) is 7.11 Å². The summed E-state index contributed by atoms with van der Waals surface area (Å²) in [6.07, 6.45) is 4.88. The lowest BCUT2D eigenvalue weighted by atomic mass is 10.3. The summed E-state index contributed by atoms with van der Waals surface area (Å²) >= 11 is 0. The smallest absolute Gasteiger partial charge is 0.356 e. The first-order chi connectivity index (χ1) is 7.70. The molecule has 0 radical (unpaired) electrons. The van der Waals surface area contributed by atoms with Crippen molar-refractivity contribution in [1.29, 1.82) is 0 Å². The maximum Gasteiger partial charge on any atom is 0.356 e. The summed E-state index contributed by atoms with van der Waals surface area (Å²) < 4.78 is 6.23. The molecule has 0 aliphatic rings. The van der Waals surface area contributed by atoms with E-state index in [0.29, 0.717) is 11.6 Å². The molecule has 82 valence electrons. The standard InChI is InChI=1S/C10H10N4O2/c1-7-5-8(9(15)16-2)13-10(12-7)14-4-3-11-6-14/h3-6H,1-2H3. The first-order valence-electron chi connectivity index (χ1n) is 4.63. The third-order valence-corrected chi connectivity index (χ3v) is 1.97. The lowest BCUT2D eigenvalue weighted by Crippen LogP contribution is -2.09. The highest BCUT2D eigenvalue weighted by Gasteiger charge is 2.11. The summed E-state index contributed by atoms with van der Waals surface area (Å²) in [5.41, 5.74) is 0.929. The molecule has 0 spiro atoms. The van der Waals surface area contributed by atoms with Crippen LogP contribution in [-0.2, 0) is 4.74 Å². The fraction of sp³-hybridized carbons (Fsp3) is 0.200. The van der Waals surface area contributed by atoms with Crippen LogP contribution >= 0.6 is 0 Å². The van der Waals surface area contributed by atoms with Crippen molar-refractivity contribution < 1.29 is 9.53 Å². The zero-order valence-electron chi connectivity index (χ0n) is 8.91. The highest BCUT2D eigenvalue weighted by Crippen LogP contribution is 2.06. The molecular weight excluding hydrogens is 208 g/mol. The van der Waals surface area contributed by atoms with Gasteiger partial charge in [0.1, 0.15) is 6.33 Å². The van der Waals surface area contributed by atoms with Gasteiger partial charge in [-0.1, -0.05) is 0 Å². The summed E-state index contributed by atoms with van der Waals surface area (Å²) in [5.74, 6) is -0.0789. The van der Waals surface area contributed by atoms with Gasteiger partial charge in [-0.25, -0.2) is 19.7 Å². The Labute approximate surface area is 91.9 Å². The van der Waals surface area contributed by atoms with Gasteiger partial charge in [0.05, 0.1) is 7.11 Å². The van der Waals surface area contributed by atoms with Crippen LogP contribution < -0.4 is 0 Å². The van der Waals surface area contributed by atoms with Gasteiger partial charge in [-0.3, -0.25) is 4.57 Å². The number of hydrogen-bond acceptors (Lipinski definition) is 5. The minimum absolute atomic E-state index is 0.235. The summed E-state index contributed by atoms with van der Waals surface area (Å²) in [6, 6.07) is 1.58. The molecule has 6 heteroatoms. The minimum Gasteiger partial charge on any atom is -0.464 e. The van der Waals surface area contributed by atoms with Crippen molar-refractivity contribution in [1.82, 2.24) is 19.5 Å². The van der Waals surface area contributed by atoms with E-state index in [4.69, 9.17) is 0 Å². The number of nitrogens with zero attached hydrogens (tertiary/aromatic N) is 4. The van der Waals surface area contributed by atoms with Crippen LogP contribution in [0.3, 0.4) is 0 Å². The predicted octanol–water partition coefficient (Wildman–Crippen LogP) is 0.757. The van der Waals surface area contributed by atoms with Crippen molar-refractivity contribution in [2.75, 3.05) is 7.11 Å². The molecule has 2 aromatic heterocycles. The van der Waals surface area contributed by atoms with E-state index in [-0.39, 0.29) is 5.69 Å². The number of carbonyl (C=O) groups is 1. The fourth-order valence-electron chi connectivity index (χ4n) is 1.25. The van der Waals surface area contributed by atoms with Crippen LogP contribution in [0.1, 0.15) is 16.2 Å². The number of aryl methyl sites for hydroxylation is 1. The zero-order chi connectivity index (χ0) is 11.5. The highest BCUT2D eigenvalue weighted by molar-refractivity contribution is 5.87. The van der Waals surface area contributed by atoms with E-state index in [2.05, 4.69) is 19.7 Å². The van der Waals surface area contributed by atoms with Gasteiger partial charge in [-0.2, -0.15) is 0 Å². The summed E-state index contributed by atoms with van der Waals surface area (Å²) in [7, 11) is 1.32. The number of rotatable bonds is 2. The molecule has 2 rings (SSSR count). The van der Waals surface area contributed by atoms with Crippen molar-refractivity contribution in [2.24, 2.45) is 0 Å². The van der Waals surface area contributed by atoms with Crippen LogP contribution in [0, 0.1) is 6.92 Å². The monoisotopic (exact) mass is 218 g/mol. The Morgan fingerprint density at radius 1 is 1.44 bits per heavy atom. The number of imidazole rings is 1. The molecule has 0 aliphatic heterocycles. The van der Waals surface area contributed by atoms with Crippen molar-refractivity contribution in [3.8, 4) is 5.95 Å². The number of hydrogen-bond donors (Lipinski definition) is 0. The van der Waals surface area contributed by atoms with Gasteiger partial charge in [0, 0.05) is 18.1 Å². The molecule has 0 saturated heterocycles. The maximum atomic E-state index is 11.4. The SMILES string of the molecule is COC(=O)c1cc(C)nc(-n2ccnc2)n1. The van der Waals surface area contributed by atoms with E-state index in [1.54, 1.807) is 36.3 Å². The molecule has 0 aromatic carbocycles. The normalized spacial score (nSPS) is 10.1. The second kappa shape index (κ2) is 4.09. The van der Waals surface area contributed by atoms with Crippen molar-refractivity contribution in [2.45, 2.75) is 6.92 Å². The number of carbonyl (C=O) groups excluding carboxylic acids is 1. The van der Waals surface area contributed by atoms with Crippen LogP contribution in [-0.4, -0.2) is 32.6 Å². The molecule has 0 amide bonds. The van der Waals surface area contributed by atoms with Crippen LogP contribution in [0.15, 0.2) is 24.8 Å². The molecule has 0 atom stereocenters. The lowest BCUT2D eigenvalue weighted by Gasteiger charge is -2.04. The number of methoxy groups -OCH3 is 1. The largest absolute Gasteiger partial charge is 0.464 e. The summed E-state index contributed by atoms with van der Waals surface area (Å²) in [5, 5.41) is 0. The Morgan fingerprint density at radius 3 is 2.88 bits per heavy atom. The van der Waals surface area contributed by atoms with Crippen molar-refractivity contribution >= 4 is 5.97 Å². The molecule has 0 bridgehead atoms. The van der Waals surface area contributed by atoms with Gasteiger partial charge >= 0.3 is 5.97 Å². The van der Waals surface area contributed by atoms with Crippen LogP contribution in [0.5, 0.6) is 0 Å². The molecule has 0 aliphatic carbocycles. The van der Waals surface area contributed by atoms with Crippen LogP contribution in [0.4, 0.5) is 0 Å². The van der Waals surface area contributed by atoms with E-state index in [1.807, 2.05) is 0 Å². The van der Waals surface area contributed by atoms with Crippen LogP contribution in [0.2, 0.25) is 0 Å². The maximum absolute atomic E-state index is 11.4. The Hall–Kier alpha value is -2.24. The Balaban J connectivity index is 2.48. The zero-order valence-corrected chi connectivity index (χ0v) is 8.91. The Bertz CT molecular complexity index is 508. The molecule has 2 heterocycles. The second-order valence-electron chi connectivity index (χ2n) is 3.16. The average Bonchev–Trinajstić information content (AvgIpc) is 2.80. The van der Waals surface area contributed by atoms with E-state index < -0.39 is 5.97 Å². The molecule has 0 unspecified atom stereocenters.